The molecule has 0 aliphatic carbocycles. The van der Waals surface area contributed by atoms with Crippen molar-refractivity contribution in [3.63, 3.8) is 0 Å². The van der Waals surface area contributed by atoms with Crippen molar-refractivity contribution in [2.75, 3.05) is 26.7 Å². The van der Waals surface area contributed by atoms with Crippen LogP contribution < -0.4 is 5.32 Å². The molecule has 90 valence electrons. The van der Waals surface area contributed by atoms with E-state index in [4.69, 9.17) is 0 Å². The molecule has 1 heterocycles. The monoisotopic (exact) mass is 221 g/mol. The first kappa shape index (κ1) is 13.1. The molecule has 0 unspecified atom stereocenters. The minimum Gasteiger partial charge on any atom is -0.320 e. The lowest BCUT2D eigenvalue weighted by Crippen LogP contribution is -2.25. The van der Waals surface area contributed by atoms with Crippen molar-refractivity contribution in [1.29, 1.82) is 0 Å². The van der Waals surface area contributed by atoms with Crippen molar-refractivity contribution in [1.82, 2.24) is 15.2 Å². The van der Waals surface area contributed by atoms with Gasteiger partial charge in [0.15, 0.2) is 0 Å². The maximum atomic E-state index is 4.36. The Labute approximate surface area is 98.9 Å². The third kappa shape index (κ3) is 5.24. The molecule has 0 saturated carbocycles. The molecular formula is C13H23N3. The molecule has 0 amide bonds. The van der Waals surface area contributed by atoms with E-state index in [-0.39, 0.29) is 0 Å². The van der Waals surface area contributed by atoms with Crippen molar-refractivity contribution in [2.24, 2.45) is 0 Å². The molecular weight excluding hydrogens is 198 g/mol. The Morgan fingerprint density at radius 2 is 2.19 bits per heavy atom. The number of rotatable bonds is 8. The number of pyridine rings is 1. The fourth-order valence-corrected chi connectivity index (χ4v) is 1.71. The lowest BCUT2D eigenvalue weighted by atomic mass is 10.2. The van der Waals surface area contributed by atoms with Crippen LogP contribution in [0, 0.1) is 0 Å². The van der Waals surface area contributed by atoms with Crippen molar-refractivity contribution in [3.8, 4) is 0 Å². The molecule has 1 rings (SSSR count). The van der Waals surface area contributed by atoms with Crippen LogP contribution in [0.1, 0.15) is 25.5 Å². The molecule has 0 aliphatic heterocycles. The highest BCUT2D eigenvalue weighted by Crippen LogP contribution is 2.02. The zero-order valence-electron chi connectivity index (χ0n) is 10.4. The average Bonchev–Trinajstić information content (AvgIpc) is 2.34. The van der Waals surface area contributed by atoms with E-state index in [1.165, 1.54) is 12.8 Å². The van der Waals surface area contributed by atoms with E-state index >= 15 is 0 Å². The maximum Gasteiger partial charge on any atom is 0.0543 e. The van der Waals surface area contributed by atoms with Crippen LogP contribution in [0.5, 0.6) is 0 Å². The molecule has 1 aromatic heterocycles. The molecule has 0 atom stereocenters. The smallest absolute Gasteiger partial charge is 0.0543 e. The van der Waals surface area contributed by atoms with Gasteiger partial charge >= 0.3 is 0 Å². The molecule has 3 heteroatoms. The number of aromatic nitrogens is 1. The van der Waals surface area contributed by atoms with E-state index in [0.29, 0.717) is 0 Å². The lowest BCUT2D eigenvalue weighted by Gasteiger charge is -2.19. The van der Waals surface area contributed by atoms with Crippen LogP contribution in [0.15, 0.2) is 24.4 Å². The summed E-state index contributed by atoms with van der Waals surface area (Å²) in [4.78, 5) is 6.80. The fourth-order valence-electron chi connectivity index (χ4n) is 1.71. The highest BCUT2D eigenvalue weighted by molar-refractivity contribution is 5.03. The highest BCUT2D eigenvalue weighted by Gasteiger charge is 2.03. The Kier molecular flexibility index (Phi) is 6.77. The second-order valence-corrected chi connectivity index (χ2v) is 4.00. The summed E-state index contributed by atoms with van der Waals surface area (Å²) in [6, 6.07) is 6.11. The van der Waals surface area contributed by atoms with Gasteiger partial charge in [-0.1, -0.05) is 13.0 Å². The minimum atomic E-state index is 0.969. The Balaban J connectivity index is 2.26. The van der Waals surface area contributed by atoms with Gasteiger partial charge in [-0.25, -0.2) is 0 Å². The van der Waals surface area contributed by atoms with Crippen LogP contribution in [0.3, 0.4) is 0 Å². The molecule has 16 heavy (non-hydrogen) atoms. The van der Waals surface area contributed by atoms with E-state index in [1.807, 2.05) is 19.3 Å². The van der Waals surface area contributed by atoms with Gasteiger partial charge < -0.3 is 5.32 Å². The predicted molar refractivity (Wildman–Crippen MR) is 68.3 cm³/mol. The zero-order chi connectivity index (χ0) is 11.6. The average molecular weight is 221 g/mol. The van der Waals surface area contributed by atoms with E-state index in [0.717, 1.165) is 31.9 Å². The summed E-state index contributed by atoms with van der Waals surface area (Å²) in [7, 11) is 2.01. The van der Waals surface area contributed by atoms with Crippen molar-refractivity contribution >= 4 is 0 Å². The number of hydrogen-bond acceptors (Lipinski definition) is 3. The summed E-state index contributed by atoms with van der Waals surface area (Å²) in [5, 5.41) is 3.18. The number of nitrogens with zero attached hydrogens (tertiary/aromatic N) is 2. The summed E-state index contributed by atoms with van der Waals surface area (Å²) >= 11 is 0. The lowest BCUT2D eigenvalue weighted by molar-refractivity contribution is 0.270. The van der Waals surface area contributed by atoms with Crippen molar-refractivity contribution in [2.45, 2.75) is 26.3 Å². The van der Waals surface area contributed by atoms with Gasteiger partial charge in [0.05, 0.1) is 5.69 Å². The largest absolute Gasteiger partial charge is 0.320 e. The number of unbranched alkanes of at least 4 members (excludes halogenated alkanes) is 1. The van der Waals surface area contributed by atoms with Crippen molar-refractivity contribution in [3.05, 3.63) is 30.1 Å². The zero-order valence-corrected chi connectivity index (χ0v) is 10.4. The Morgan fingerprint density at radius 3 is 2.81 bits per heavy atom. The number of hydrogen-bond donors (Lipinski definition) is 1. The first-order valence-electron chi connectivity index (χ1n) is 6.13. The topological polar surface area (TPSA) is 28.2 Å². The Hall–Kier alpha value is -0.930. The summed E-state index contributed by atoms with van der Waals surface area (Å²) in [6.07, 6.45) is 4.36. The fraction of sp³-hybridized carbons (Fsp3) is 0.615. The van der Waals surface area contributed by atoms with Gasteiger partial charge in [0, 0.05) is 12.7 Å². The molecule has 0 radical (unpaired) electrons. The predicted octanol–water partition coefficient (Wildman–Crippen LogP) is 1.90. The van der Waals surface area contributed by atoms with E-state index in [1.54, 1.807) is 0 Å². The van der Waals surface area contributed by atoms with Crippen LogP contribution in [0.4, 0.5) is 0 Å². The van der Waals surface area contributed by atoms with E-state index < -0.39 is 0 Å². The molecule has 1 N–H and O–H groups in total. The van der Waals surface area contributed by atoms with Gasteiger partial charge in [-0.2, -0.15) is 0 Å². The quantitative estimate of drug-likeness (QED) is 0.680. The SMILES string of the molecule is CCN(CCCCNC)Cc1ccccn1. The van der Waals surface area contributed by atoms with Gasteiger partial charge in [-0.3, -0.25) is 9.88 Å². The van der Waals surface area contributed by atoms with E-state index in [9.17, 15) is 0 Å². The summed E-state index contributed by atoms with van der Waals surface area (Å²) in [5.74, 6) is 0. The van der Waals surface area contributed by atoms with Gasteiger partial charge in [-0.05, 0) is 51.7 Å². The summed E-state index contributed by atoms with van der Waals surface area (Å²) < 4.78 is 0. The normalized spacial score (nSPS) is 10.9. The van der Waals surface area contributed by atoms with Gasteiger partial charge in [-0.15, -0.1) is 0 Å². The van der Waals surface area contributed by atoms with E-state index in [2.05, 4.69) is 34.3 Å². The van der Waals surface area contributed by atoms with Crippen LogP contribution in [-0.2, 0) is 6.54 Å². The Bertz CT molecular complexity index is 261. The highest BCUT2D eigenvalue weighted by atomic mass is 15.1. The van der Waals surface area contributed by atoms with Crippen molar-refractivity contribution < 1.29 is 0 Å². The molecule has 3 nitrogen and oxygen atoms in total. The molecule has 0 spiro atoms. The van der Waals surface area contributed by atoms with Gasteiger partial charge in [0.25, 0.3) is 0 Å². The van der Waals surface area contributed by atoms with Crippen LogP contribution in [-0.4, -0.2) is 36.6 Å². The summed E-state index contributed by atoms with van der Waals surface area (Å²) in [6.45, 7) is 6.55. The molecule has 0 bridgehead atoms. The number of nitrogens with one attached hydrogen (secondary N) is 1. The third-order valence-corrected chi connectivity index (χ3v) is 2.71. The van der Waals surface area contributed by atoms with Crippen LogP contribution >= 0.6 is 0 Å². The van der Waals surface area contributed by atoms with Crippen LogP contribution in [0.2, 0.25) is 0 Å². The first-order chi connectivity index (χ1) is 7.86. The molecule has 0 aliphatic rings. The standard InChI is InChI=1S/C13H23N3/c1-3-16(11-7-6-9-14-2)12-13-8-4-5-10-15-13/h4-5,8,10,14H,3,6-7,9,11-12H2,1-2H3. The Morgan fingerprint density at radius 1 is 1.31 bits per heavy atom. The van der Waals surface area contributed by atoms with Gasteiger partial charge in [0.1, 0.15) is 0 Å². The summed E-state index contributed by atoms with van der Waals surface area (Å²) in [5.41, 5.74) is 1.16. The molecule has 1 aromatic rings. The molecule has 0 fully saturated rings. The molecule has 0 aromatic carbocycles. The maximum absolute atomic E-state index is 4.36. The first-order valence-corrected chi connectivity index (χ1v) is 6.13. The molecule has 0 saturated heterocycles. The van der Waals surface area contributed by atoms with Gasteiger partial charge in [0.2, 0.25) is 0 Å². The second kappa shape index (κ2) is 8.25. The minimum absolute atomic E-state index is 0.969. The van der Waals surface area contributed by atoms with Crippen LogP contribution in [0.25, 0.3) is 0 Å². The third-order valence-electron chi connectivity index (χ3n) is 2.71. The second-order valence-electron chi connectivity index (χ2n) is 4.00.